The van der Waals surface area contributed by atoms with Gasteiger partial charge in [-0.25, -0.2) is 0 Å². The van der Waals surface area contributed by atoms with Crippen LogP contribution in [0, 0.1) is 5.92 Å². The van der Waals surface area contributed by atoms with Crippen LogP contribution >= 0.6 is 0 Å². The van der Waals surface area contributed by atoms with Gasteiger partial charge in [-0.3, -0.25) is 4.98 Å². The highest BCUT2D eigenvalue weighted by Gasteiger charge is 2.16. The van der Waals surface area contributed by atoms with Crippen LogP contribution in [0.25, 0.3) is 0 Å². The lowest BCUT2D eigenvalue weighted by molar-refractivity contribution is 0.459. The smallest absolute Gasteiger partial charge is 0.0562 e. The molecule has 1 aromatic rings. The van der Waals surface area contributed by atoms with Crippen LogP contribution in [0.5, 0.6) is 0 Å². The van der Waals surface area contributed by atoms with Crippen molar-refractivity contribution in [2.24, 2.45) is 5.92 Å². The molecule has 1 aliphatic heterocycles. The summed E-state index contributed by atoms with van der Waals surface area (Å²) in [7, 11) is 0. The first-order chi connectivity index (χ1) is 9.69. The summed E-state index contributed by atoms with van der Waals surface area (Å²) in [6.45, 7) is 9.91. The van der Waals surface area contributed by atoms with Gasteiger partial charge in [-0.15, -0.1) is 0 Å². The van der Waals surface area contributed by atoms with E-state index >= 15 is 0 Å². The van der Waals surface area contributed by atoms with Crippen molar-refractivity contribution in [2.45, 2.75) is 59.0 Å². The molecule has 112 valence electrons. The Bertz CT molecular complexity index is 403. The van der Waals surface area contributed by atoms with Crippen LogP contribution in [-0.2, 0) is 6.54 Å². The molecule has 0 radical (unpaired) electrons. The van der Waals surface area contributed by atoms with Crippen LogP contribution in [0.15, 0.2) is 18.3 Å². The number of pyridine rings is 1. The van der Waals surface area contributed by atoms with E-state index in [0.29, 0.717) is 6.04 Å². The molecule has 20 heavy (non-hydrogen) atoms. The van der Waals surface area contributed by atoms with Gasteiger partial charge < -0.3 is 10.2 Å². The molecule has 1 N–H and O–H groups in total. The minimum atomic E-state index is 0.504. The quantitative estimate of drug-likeness (QED) is 0.890. The monoisotopic (exact) mass is 275 g/mol. The highest BCUT2D eigenvalue weighted by Crippen LogP contribution is 2.24. The van der Waals surface area contributed by atoms with Gasteiger partial charge in [0.1, 0.15) is 0 Å². The largest absolute Gasteiger partial charge is 0.371 e. The van der Waals surface area contributed by atoms with Gasteiger partial charge in [0.15, 0.2) is 0 Å². The lowest BCUT2D eigenvalue weighted by atomic mass is 9.98. The first-order valence-corrected chi connectivity index (χ1v) is 8.12. The lowest BCUT2D eigenvalue weighted by Crippen LogP contribution is -2.25. The molecule has 0 aromatic carbocycles. The van der Waals surface area contributed by atoms with E-state index in [1.807, 2.05) is 6.20 Å². The summed E-state index contributed by atoms with van der Waals surface area (Å²) < 4.78 is 0. The molecule has 0 spiro atoms. The summed E-state index contributed by atoms with van der Waals surface area (Å²) in [6, 6.07) is 4.91. The molecule has 1 atom stereocenters. The Morgan fingerprint density at radius 1 is 1.35 bits per heavy atom. The third-order valence-electron chi connectivity index (χ3n) is 4.28. The van der Waals surface area contributed by atoms with Crippen molar-refractivity contribution in [3.05, 3.63) is 24.0 Å². The second-order valence-electron chi connectivity index (χ2n) is 6.23. The Kier molecular flexibility index (Phi) is 5.84. The SMILES string of the molecule is CCC1CCCN(c2ccnc(CNC(C)C)c2)CC1. The predicted molar refractivity (Wildman–Crippen MR) is 86.1 cm³/mol. The molecule has 2 heterocycles. The molecular formula is C17H29N3. The Labute approximate surface area is 123 Å². The Morgan fingerprint density at radius 2 is 2.20 bits per heavy atom. The van der Waals surface area contributed by atoms with Crippen LogP contribution in [0.1, 0.15) is 52.1 Å². The first-order valence-electron chi connectivity index (χ1n) is 8.12. The van der Waals surface area contributed by atoms with Crippen molar-refractivity contribution in [3.8, 4) is 0 Å². The van der Waals surface area contributed by atoms with Gasteiger partial charge in [-0.2, -0.15) is 0 Å². The standard InChI is InChI=1S/C17H29N3/c1-4-15-6-5-10-20(11-8-15)17-7-9-18-16(12-17)13-19-14(2)3/h7,9,12,14-15,19H,4-6,8,10-11,13H2,1-3H3. The number of nitrogens with one attached hydrogen (secondary N) is 1. The fourth-order valence-corrected chi connectivity index (χ4v) is 2.90. The second kappa shape index (κ2) is 7.63. The molecule has 1 fully saturated rings. The highest BCUT2D eigenvalue weighted by molar-refractivity contribution is 5.46. The zero-order chi connectivity index (χ0) is 14.4. The van der Waals surface area contributed by atoms with Gasteiger partial charge in [0, 0.05) is 37.6 Å². The van der Waals surface area contributed by atoms with Crippen molar-refractivity contribution in [3.63, 3.8) is 0 Å². The summed E-state index contributed by atoms with van der Waals surface area (Å²) in [4.78, 5) is 7.01. The van der Waals surface area contributed by atoms with Crippen LogP contribution in [-0.4, -0.2) is 24.1 Å². The number of anilines is 1. The van der Waals surface area contributed by atoms with E-state index in [2.05, 4.69) is 48.1 Å². The van der Waals surface area contributed by atoms with E-state index < -0.39 is 0 Å². The molecule has 0 bridgehead atoms. The molecule has 1 unspecified atom stereocenters. The number of nitrogens with zero attached hydrogens (tertiary/aromatic N) is 2. The summed E-state index contributed by atoms with van der Waals surface area (Å²) in [5.74, 6) is 0.920. The van der Waals surface area contributed by atoms with Gasteiger partial charge in [0.05, 0.1) is 5.69 Å². The highest BCUT2D eigenvalue weighted by atomic mass is 15.1. The molecule has 1 aliphatic rings. The number of hydrogen-bond donors (Lipinski definition) is 1. The average Bonchev–Trinajstić information content (AvgIpc) is 2.71. The number of rotatable bonds is 5. The third kappa shape index (κ3) is 4.48. The van der Waals surface area contributed by atoms with Crippen molar-refractivity contribution in [2.75, 3.05) is 18.0 Å². The molecule has 0 aliphatic carbocycles. The fourth-order valence-electron chi connectivity index (χ4n) is 2.90. The lowest BCUT2D eigenvalue weighted by Gasteiger charge is -2.23. The van der Waals surface area contributed by atoms with E-state index in [-0.39, 0.29) is 0 Å². The van der Waals surface area contributed by atoms with E-state index in [1.165, 1.54) is 44.5 Å². The second-order valence-corrected chi connectivity index (χ2v) is 6.23. The van der Waals surface area contributed by atoms with E-state index in [0.717, 1.165) is 18.2 Å². The van der Waals surface area contributed by atoms with Gasteiger partial charge in [-0.1, -0.05) is 27.2 Å². The van der Waals surface area contributed by atoms with Crippen LogP contribution in [0.4, 0.5) is 5.69 Å². The summed E-state index contributed by atoms with van der Waals surface area (Å²) in [5.41, 5.74) is 2.49. The van der Waals surface area contributed by atoms with E-state index in [1.54, 1.807) is 0 Å². The maximum atomic E-state index is 4.47. The van der Waals surface area contributed by atoms with Crippen LogP contribution < -0.4 is 10.2 Å². The maximum absolute atomic E-state index is 4.47. The average molecular weight is 275 g/mol. The van der Waals surface area contributed by atoms with E-state index in [4.69, 9.17) is 0 Å². The van der Waals surface area contributed by atoms with Crippen LogP contribution in [0.2, 0.25) is 0 Å². The molecule has 1 saturated heterocycles. The summed E-state index contributed by atoms with van der Waals surface area (Å²) in [5, 5.41) is 3.44. The Balaban J connectivity index is 1.99. The third-order valence-corrected chi connectivity index (χ3v) is 4.28. The van der Waals surface area contributed by atoms with Gasteiger partial charge >= 0.3 is 0 Å². The van der Waals surface area contributed by atoms with Crippen molar-refractivity contribution in [1.29, 1.82) is 0 Å². The predicted octanol–water partition coefficient (Wildman–Crippen LogP) is 3.60. The fraction of sp³-hybridized carbons (Fsp3) is 0.706. The number of aromatic nitrogens is 1. The zero-order valence-corrected chi connectivity index (χ0v) is 13.2. The zero-order valence-electron chi connectivity index (χ0n) is 13.2. The molecule has 3 nitrogen and oxygen atoms in total. The Hall–Kier alpha value is -1.09. The molecule has 0 amide bonds. The molecule has 3 heteroatoms. The van der Waals surface area contributed by atoms with Crippen molar-refractivity contribution >= 4 is 5.69 Å². The maximum Gasteiger partial charge on any atom is 0.0562 e. The Morgan fingerprint density at radius 3 is 2.95 bits per heavy atom. The first kappa shape index (κ1) is 15.3. The molecule has 0 saturated carbocycles. The van der Waals surface area contributed by atoms with Gasteiger partial charge in [0.25, 0.3) is 0 Å². The summed E-state index contributed by atoms with van der Waals surface area (Å²) >= 11 is 0. The minimum absolute atomic E-state index is 0.504. The molecule has 1 aromatic heterocycles. The minimum Gasteiger partial charge on any atom is -0.371 e. The molecule has 2 rings (SSSR count). The van der Waals surface area contributed by atoms with Gasteiger partial charge in [-0.05, 0) is 37.3 Å². The van der Waals surface area contributed by atoms with Crippen molar-refractivity contribution < 1.29 is 0 Å². The molecular weight excluding hydrogens is 246 g/mol. The topological polar surface area (TPSA) is 28.2 Å². The summed E-state index contributed by atoms with van der Waals surface area (Å²) in [6.07, 6.45) is 7.32. The van der Waals surface area contributed by atoms with Crippen LogP contribution in [0.3, 0.4) is 0 Å². The van der Waals surface area contributed by atoms with Crippen molar-refractivity contribution in [1.82, 2.24) is 10.3 Å². The van der Waals surface area contributed by atoms with E-state index in [9.17, 15) is 0 Å². The normalized spacial score (nSPS) is 20.2. The number of hydrogen-bond acceptors (Lipinski definition) is 3. The van der Waals surface area contributed by atoms with Gasteiger partial charge in [0.2, 0.25) is 0 Å².